The van der Waals surface area contributed by atoms with Crippen LogP contribution in [-0.2, 0) is 30.4 Å². The number of alkyl carbamates (subject to hydrolysis) is 2. The molecule has 0 spiro atoms. The largest absolute Gasteiger partial charge is 0.488 e. The van der Waals surface area contributed by atoms with Gasteiger partial charge in [-0.2, -0.15) is 0 Å². The first-order chi connectivity index (χ1) is 32.0. The summed E-state index contributed by atoms with van der Waals surface area (Å²) in [4.78, 5) is 73.9. The van der Waals surface area contributed by atoms with Crippen LogP contribution in [0.15, 0.2) is 73.0 Å². The Balaban J connectivity index is 0.974. The minimum absolute atomic E-state index is 0.0774. The number of hydrogen-bond acceptors (Lipinski definition) is 10. The van der Waals surface area contributed by atoms with E-state index >= 15 is 0 Å². The van der Waals surface area contributed by atoms with Gasteiger partial charge in [0, 0.05) is 43.0 Å². The number of methoxy groups -OCH3 is 3. The molecule has 346 valence electrons. The van der Waals surface area contributed by atoms with Gasteiger partial charge < -0.3 is 49.3 Å². The van der Waals surface area contributed by atoms with Crippen LogP contribution in [0.5, 0.6) is 5.75 Å². The Morgan fingerprint density at radius 1 is 0.894 bits per heavy atom. The number of nitrogens with one attached hydrogen (secondary N) is 4. The molecule has 16 heteroatoms. The maximum absolute atomic E-state index is 14.5. The van der Waals surface area contributed by atoms with Crippen LogP contribution >= 0.6 is 0 Å². The summed E-state index contributed by atoms with van der Waals surface area (Å²) in [5.41, 5.74) is 6.51. The third-order valence-corrected chi connectivity index (χ3v) is 13.9. The number of H-pyrrole nitrogens is 2. The van der Waals surface area contributed by atoms with E-state index in [9.17, 15) is 19.2 Å². The Labute approximate surface area is 383 Å². The SMILES string of the molecule is CC[C@H](C)[C@H](NC(=O)OC)C(=O)N1C[C@@H](C)C[C@H]1c1ncc(-c2ccc3c(c2)COc2cc4c(ccc5nc([C@@H]6C[C@H](COC)CN6C(=O)[C@H](NC(=O)OC)C6C=CC=CC6)[nH]c54)cc2-3)[nH]1. The maximum atomic E-state index is 14.5. The number of hydrogen-bond donors (Lipinski definition) is 4. The van der Waals surface area contributed by atoms with Gasteiger partial charge in [-0.3, -0.25) is 9.59 Å². The number of carbonyl (C=O) groups excluding carboxylic acids is 4. The number of ether oxygens (including phenoxy) is 4. The number of nitrogens with zero attached hydrogens (tertiary/aromatic N) is 4. The second-order valence-corrected chi connectivity index (χ2v) is 18.2. The smallest absolute Gasteiger partial charge is 0.407 e. The van der Waals surface area contributed by atoms with E-state index < -0.39 is 24.3 Å². The van der Waals surface area contributed by atoms with Gasteiger partial charge in [0.05, 0.1) is 55.8 Å². The van der Waals surface area contributed by atoms with E-state index in [0.717, 1.165) is 68.3 Å². The maximum Gasteiger partial charge on any atom is 0.407 e. The van der Waals surface area contributed by atoms with E-state index in [1.165, 1.54) is 14.2 Å². The minimum Gasteiger partial charge on any atom is -0.488 e. The molecular formula is C50H58N8O8. The van der Waals surface area contributed by atoms with Gasteiger partial charge in [-0.15, -0.1) is 0 Å². The highest BCUT2D eigenvalue weighted by Crippen LogP contribution is 2.44. The molecule has 9 rings (SSSR count). The summed E-state index contributed by atoms with van der Waals surface area (Å²) in [7, 11) is 4.26. The van der Waals surface area contributed by atoms with Crippen LogP contribution in [0.4, 0.5) is 9.59 Å². The van der Waals surface area contributed by atoms with Crippen molar-refractivity contribution in [1.82, 2.24) is 40.4 Å². The molecular weight excluding hydrogens is 841 g/mol. The number of imidazole rings is 2. The molecule has 2 aromatic heterocycles. The van der Waals surface area contributed by atoms with Gasteiger partial charge in [0.2, 0.25) is 11.8 Å². The average molecular weight is 899 g/mol. The van der Waals surface area contributed by atoms with Crippen LogP contribution < -0.4 is 15.4 Å². The lowest BCUT2D eigenvalue weighted by Gasteiger charge is -2.31. The van der Waals surface area contributed by atoms with Crippen LogP contribution in [0.1, 0.15) is 75.8 Å². The van der Waals surface area contributed by atoms with E-state index in [4.69, 9.17) is 28.9 Å². The predicted octanol–water partition coefficient (Wildman–Crippen LogP) is 7.74. The zero-order valence-electron chi connectivity index (χ0n) is 38.3. The van der Waals surface area contributed by atoms with Crippen molar-refractivity contribution >= 4 is 45.8 Å². The summed E-state index contributed by atoms with van der Waals surface area (Å²) in [5.74, 6) is 1.83. The zero-order valence-corrected chi connectivity index (χ0v) is 38.3. The lowest BCUT2D eigenvalue weighted by molar-refractivity contribution is -0.136. The van der Waals surface area contributed by atoms with Crippen molar-refractivity contribution in [2.75, 3.05) is 41.0 Å². The fourth-order valence-electron chi connectivity index (χ4n) is 10.2. The highest BCUT2D eigenvalue weighted by molar-refractivity contribution is 6.07. The van der Waals surface area contributed by atoms with Gasteiger partial charge in [0.1, 0.15) is 36.1 Å². The van der Waals surface area contributed by atoms with Gasteiger partial charge in [-0.25, -0.2) is 19.6 Å². The summed E-state index contributed by atoms with van der Waals surface area (Å²) in [6, 6.07) is 12.5. The highest BCUT2D eigenvalue weighted by Gasteiger charge is 2.43. The molecule has 4 N–H and O–H groups in total. The Morgan fingerprint density at radius 3 is 2.44 bits per heavy atom. The van der Waals surface area contributed by atoms with Gasteiger partial charge in [0.15, 0.2) is 0 Å². The first-order valence-corrected chi connectivity index (χ1v) is 22.9. The monoisotopic (exact) mass is 898 g/mol. The summed E-state index contributed by atoms with van der Waals surface area (Å²) < 4.78 is 21.8. The van der Waals surface area contributed by atoms with E-state index in [-0.39, 0.29) is 47.6 Å². The number of aromatic amines is 2. The number of fused-ring (bicyclic) bond motifs is 6. The highest BCUT2D eigenvalue weighted by atomic mass is 16.5. The molecule has 16 nitrogen and oxygen atoms in total. The first kappa shape index (κ1) is 44.5. The van der Waals surface area contributed by atoms with Gasteiger partial charge in [-0.05, 0) is 77.4 Å². The van der Waals surface area contributed by atoms with Crippen molar-refractivity contribution in [2.24, 2.45) is 23.7 Å². The number of aromatic nitrogens is 4. The Morgan fingerprint density at radius 2 is 1.68 bits per heavy atom. The number of allylic oxidation sites excluding steroid dienone is 3. The van der Waals surface area contributed by atoms with Crippen LogP contribution in [0.2, 0.25) is 0 Å². The molecule has 1 aliphatic carbocycles. The standard InChI is InChI=1S/C50H58N8O8/c1-7-28(3)42(55-49(61)64-5)47(59)57-23-27(2)17-39(57)45-51-22-38(53-45)32-13-15-34-33(19-32)26-66-41-21-35-31(20-36(34)41)14-16-37-44(35)54-46(52-37)40-18-29(25-63-4)24-58(40)48(60)43(56-50(62)65-6)30-11-9-8-10-12-30/h8-11,13-16,19-22,27-30,39-40,42-43H,7,12,17-18,23-26H2,1-6H3,(H,51,53)(H,52,54)(H,55,61)(H,56,62)/t27-,28-,29-,30?,39-,40-,42-,43+/m0/s1. The van der Waals surface area contributed by atoms with E-state index in [2.05, 4.69) is 63.9 Å². The third-order valence-electron chi connectivity index (χ3n) is 13.9. The predicted molar refractivity (Wildman–Crippen MR) is 248 cm³/mol. The van der Waals surface area contributed by atoms with E-state index in [1.807, 2.05) is 60.2 Å². The first-order valence-electron chi connectivity index (χ1n) is 22.9. The summed E-state index contributed by atoms with van der Waals surface area (Å²) in [6.07, 6.45) is 11.0. The molecule has 4 amide bonds. The molecule has 2 fully saturated rings. The summed E-state index contributed by atoms with van der Waals surface area (Å²) in [5, 5.41) is 7.55. The van der Waals surface area contributed by atoms with Gasteiger partial charge in [-0.1, -0.05) is 69.7 Å². The lowest BCUT2D eigenvalue weighted by atomic mass is 9.91. The second kappa shape index (κ2) is 18.7. The zero-order chi connectivity index (χ0) is 46.2. The van der Waals surface area contributed by atoms with Crippen molar-refractivity contribution < 1.29 is 38.1 Å². The van der Waals surface area contributed by atoms with Crippen LogP contribution in [-0.4, -0.2) is 107 Å². The number of likely N-dealkylation sites (tertiary alicyclic amines) is 2. The van der Waals surface area contributed by atoms with Crippen LogP contribution in [0, 0.1) is 23.7 Å². The molecule has 4 aliphatic rings. The summed E-state index contributed by atoms with van der Waals surface area (Å²) in [6.45, 7) is 7.96. The number of carbonyl (C=O) groups is 4. The van der Waals surface area contributed by atoms with Crippen molar-refractivity contribution in [2.45, 2.75) is 77.2 Å². The normalized spacial score (nSPS) is 22.4. The molecule has 0 radical (unpaired) electrons. The minimum atomic E-state index is -0.817. The van der Waals surface area contributed by atoms with Crippen molar-refractivity contribution in [3.63, 3.8) is 0 Å². The Kier molecular flexibility index (Phi) is 12.6. The molecule has 1 unspecified atom stereocenters. The number of rotatable bonds is 12. The van der Waals surface area contributed by atoms with E-state index in [1.54, 1.807) is 7.11 Å². The Bertz CT molecular complexity index is 2720. The number of amides is 4. The molecule has 2 saturated heterocycles. The van der Waals surface area contributed by atoms with Crippen LogP contribution in [0.25, 0.3) is 44.2 Å². The quantitative estimate of drug-likeness (QED) is 0.0963. The fourth-order valence-corrected chi connectivity index (χ4v) is 10.2. The Hall–Kier alpha value is -6.68. The molecule has 5 aromatic rings. The molecule has 0 saturated carbocycles. The van der Waals surface area contributed by atoms with Crippen molar-refractivity contribution in [3.05, 3.63) is 90.2 Å². The summed E-state index contributed by atoms with van der Waals surface area (Å²) >= 11 is 0. The van der Waals surface area contributed by atoms with Crippen molar-refractivity contribution in [1.29, 1.82) is 0 Å². The average Bonchev–Trinajstić information content (AvgIpc) is 4.17. The molecule has 66 heavy (non-hydrogen) atoms. The second-order valence-electron chi connectivity index (χ2n) is 18.2. The molecule has 3 aromatic carbocycles. The third kappa shape index (κ3) is 8.49. The molecule has 0 bridgehead atoms. The fraction of sp³-hybridized carbons (Fsp3) is 0.440. The van der Waals surface area contributed by atoms with Gasteiger partial charge in [0.25, 0.3) is 0 Å². The molecule has 5 heterocycles. The van der Waals surface area contributed by atoms with Gasteiger partial charge >= 0.3 is 12.2 Å². The number of benzene rings is 3. The topological polar surface area (TPSA) is 193 Å². The lowest BCUT2D eigenvalue weighted by Crippen LogP contribution is -2.52. The van der Waals surface area contributed by atoms with E-state index in [0.29, 0.717) is 50.8 Å². The van der Waals surface area contributed by atoms with Crippen molar-refractivity contribution in [3.8, 4) is 28.1 Å². The molecule has 8 atom stereocenters. The van der Waals surface area contributed by atoms with Crippen LogP contribution in [0.3, 0.4) is 0 Å². The molecule has 3 aliphatic heterocycles.